The molecule has 0 spiro atoms. The summed E-state index contributed by atoms with van der Waals surface area (Å²) < 4.78 is 7.12. The van der Waals surface area contributed by atoms with E-state index in [4.69, 9.17) is 4.52 Å². The average molecular weight is 309 g/mol. The van der Waals surface area contributed by atoms with E-state index < -0.39 is 0 Å². The van der Waals surface area contributed by atoms with Gasteiger partial charge in [-0.1, -0.05) is 5.16 Å². The van der Waals surface area contributed by atoms with Crippen LogP contribution in [0.25, 0.3) is 5.69 Å². The van der Waals surface area contributed by atoms with Gasteiger partial charge in [-0.2, -0.15) is 0 Å². The molecule has 0 unspecified atom stereocenters. The molecule has 0 fully saturated rings. The Hall–Kier alpha value is -2.82. The van der Waals surface area contributed by atoms with Crippen LogP contribution in [0.4, 0.5) is 0 Å². The van der Waals surface area contributed by atoms with Crippen molar-refractivity contribution in [3.05, 3.63) is 71.4 Å². The van der Waals surface area contributed by atoms with Crippen molar-refractivity contribution in [3.63, 3.8) is 0 Å². The first kappa shape index (κ1) is 15.1. The molecule has 0 bridgehead atoms. The summed E-state index contributed by atoms with van der Waals surface area (Å²) in [4.78, 5) is 12.2. The number of benzene rings is 1. The van der Waals surface area contributed by atoms with Crippen molar-refractivity contribution >= 4 is 5.91 Å². The van der Waals surface area contributed by atoms with Crippen molar-refractivity contribution in [1.29, 1.82) is 0 Å². The lowest BCUT2D eigenvalue weighted by atomic mass is 10.1. The largest absolute Gasteiger partial charge is 0.361 e. The Morgan fingerprint density at radius 1 is 1.17 bits per heavy atom. The fourth-order valence-corrected chi connectivity index (χ4v) is 2.55. The highest BCUT2D eigenvalue weighted by Crippen LogP contribution is 2.13. The summed E-state index contributed by atoms with van der Waals surface area (Å²) in [5.74, 6) is 0.739. The van der Waals surface area contributed by atoms with Gasteiger partial charge in [0.1, 0.15) is 5.76 Å². The minimum absolute atomic E-state index is 0.0733. The van der Waals surface area contributed by atoms with Gasteiger partial charge in [-0.25, -0.2) is 0 Å². The molecule has 0 radical (unpaired) electrons. The molecule has 5 heteroatoms. The van der Waals surface area contributed by atoms with E-state index in [-0.39, 0.29) is 5.91 Å². The summed E-state index contributed by atoms with van der Waals surface area (Å²) >= 11 is 0. The topological polar surface area (TPSA) is 60.1 Å². The van der Waals surface area contributed by atoms with Gasteiger partial charge in [0, 0.05) is 35.8 Å². The molecule has 1 N–H and O–H groups in total. The molecule has 0 aliphatic heterocycles. The predicted octanol–water partition coefficient (Wildman–Crippen LogP) is 3.05. The molecule has 2 aromatic heterocycles. The standard InChI is InChI=1S/C18H19N3O2/c1-13-17(14(2)23-20-13)9-10-19-18(22)15-5-7-16(8-6-15)21-11-3-4-12-21/h3-8,11-12H,9-10H2,1-2H3,(H,19,22). The SMILES string of the molecule is Cc1noc(C)c1CCNC(=O)c1ccc(-n2cccc2)cc1. The van der Waals surface area contributed by atoms with Gasteiger partial charge >= 0.3 is 0 Å². The van der Waals surface area contributed by atoms with Crippen molar-refractivity contribution in [1.82, 2.24) is 15.0 Å². The van der Waals surface area contributed by atoms with Gasteiger partial charge in [-0.05, 0) is 56.7 Å². The molecule has 1 aromatic carbocycles. The van der Waals surface area contributed by atoms with Crippen LogP contribution < -0.4 is 5.32 Å². The molecule has 0 aliphatic rings. The molecule has 5 nitrogen and oxygen atoms in total. The summed E-state index contributed by atoms with van der Waals surface area (Å²) in [6.07, 6.45) is 4.66. The number of nitrogens with one attached hydrogen (secondary N) is 1. The second kappa shape index (κ2) is 6.52. The maximum atomic E-state index is 12.2. The highest BCUT2D eigenvalue weighted by Gasteiger charge is 2.10. The Labute approximate surface area is 134 Å². The Balaban J connectivity index is 1.58. The Bertz CT molecular complexity index is 767. The molecular formula is C18H19N3O2. The fraction of sp³-hybridized carbons (Fsp3) is 0.222. The molecule has 0 atom stereocenters. The first-order valence-corrected chi connectivity index (χ1v) is 7.58. The number of carbonyl (C=O) groups is 1. The number of nitrogens with zero attached hydrogens (tertiary/aromatic N) is 2. The van der Waals surface area contributed by atoms with Crippen molar-refractivity contribution in [2.45, 2.75) is 20.3 Å². The highest BCUT2D eigenvalue weighted by molar-refractivity contribution is 5.94. The maximum Gasteiger partial charge on any atom is 0.251 e. The normalized spacial score (nSPS) is 10.7. The second-order valence-electron chi connectivity index (χ2n) is 5.45. The van der Waals surface area contributed by atoms with Crippen LogP contribution in [0.5, 0.6) is 0 Å². The van der Waals surface area contributed by atoms with E-state index in [1.807, 2.05) is 67.2 Å². The van der Waals surface area contributed by atoms with E-state index in [1.165, 1.54) is 0 Å². The van der Waals surface area contributed by atoms with Gasteiger partial charge in [0.25, 0.3) is 5.91 Å². The Morgan fingerprint density at radius 3 is 2.48 bits per heavy atom. The van der Waals surface area contributed by atoms with Crippen molar-refractivity contribution in [2.75, 3.05) is 6.54 Å². The summed E-state index contributed by atoms with van der Waals surface area (Å²) in [6.45, 7) is 4.35. The zero-order chi connectivity index (χ0) is 16.2. The van der Waals surface area contributed by atoms with E-state index in [0.29, 0.717) is 18.5 Å². The number of aromatic nitrogens is 2. The molecule has 0 aliphatic carbocycles. The Morgan fingerprint density at radius 2 is 1.87 bits per heavy atom. The third-order valence-electron chi connectivity index (χ3n) is 3.87. The number of rotatable bonds is 5. The van der Waals surface area contributed by atoms with E-state index in [2.05, 4.69) is 10.5 Å². The third kappa shape index (κ3) is 3.34. The first-order chi connectivity index (χ1) is 11.1. The van der Waals surface area contributed by atoms with Gasteiger partial charge < -0.3 is 14.4 Å². The zero-order valence-corrected chi connectivity index (χ0v) is 13.2. The molecule has 0 saturated heterocycles. The van der Waals surface area contributed by atoms with Crippen molar-refractivity contribution in [3.8, 4) is 5.69 Å². The lowest BCUT2D eigenvalue weighted by molar-refractivity contribution is 0.0954. The van der Waals surface area contributed by atoms with Gasteiger partial charge in [0.05, 0.1) is 5.69 Å². The summed E-state index contributed by atoms with van der Waals surface area (Å²) in [5, 5.41) is 6.85. The van der Waals surface area contributed by atoms with Gasteiger partial charge in [-0.15, -0.1) is 0 Å². The molecular weight excluding hydrogens is 290 g/mol. The monoisotopic (exact) mass is 309 g/mol. The second-order valence-corrected chi connectivity index (χ2v) is 5.45. The van der Waals surface area contributed by atoms with Crippen molar-refractivity contribution < 1.29 is 9.32 Å². The van der Waals surface area contributed by atoms with E-state index >= 15 is 0 Å². The summed E-state index contributed by atoms with van der Waals surface area (Å²) in [5.41, 5.74) is 3.63. The lowest BCUT2D eigenvalue weighted by Crippen LogP contribution is -2.25. The minimum Gasteiger partial charge on any atom is -0.361 e. The minimum atomic E-state index is -0.0733. The van der Waals surface area contributed by atoms with E-state index in [9.17, 15) is 4.79 Å². The van der Waals surface area contributed by atoms with Crippen LogP contribution in [0.2, 0.25) is 0 Å². The van der Waals surface area contributed by atoms with Gasteiger partial charge in [-0.3, -0.25) is 4.79 Å². The van der Waals surface area contributed by atoms with Crippen LogP contribution >= 0.6 is 0 Å². The van der Waals surface area contributed by atoms with Gasteiger partial charge in [0.2, 0.25) is 0 Å². The van der Waals surface area contributed by atoms with Crippen LogP contribution in [0.1, 0.15) is 27.4 Å². The summed E-state index contributed by atoms with van der Waals surface area (Å²) in [7, 11) is 0. The Kier molecular flexibility index (Phi) is 4.28. The van der Waals surface area contributed by atoms with E-state index in [0.717, 1.165) is 22.7 Å². The molecule has 0 saturated carbocycles. The van der Waals surface area contributed by atoms with Crippen LogP contribution in [0.3, 0.4) is 0 Å². The fourth-order valence-electron chi connectivity index (χ4n) is 2.55. The number of amides is 1. The molecule has 3 aromatic rings. The van der Waals surface area contributed by atoms with Crippen LogP contribution in [-0.2, 0) is 6.42 Å². The zero-order valence-electron chi connectivity index (χ0n) is 13.2. The lowest BCUT2D eigenvalue weighted by Gasteiger charge is -2.07. The maximum absolute atomic E-state index is 12.2. The van der Waals surface area contributed by atoms with Crippen LogP contribution in [-0.4, -0.2) is 22.2 Å². The number of carbonyl (C=O) groups excluding carboxylic acids is 1. The van der Waals surface area contributed by atoms with Crippen LogP contribution in [0, 0.1) is 13.8 Å². The smallest absolute Gasteiger partial charge is 0.251 e. The number of hydrogen-bond acceptors (Lipinski definition) is 3. The van der Waals surface area contributed by atoms with Crippen LogP contribution in [0.15, 0.2) is 53.3 Å². The number of hydrogen-bond donors (Lipinski definition) is 1. The average Bonchev–Trinajstić information content (AvgIpc) is 3.20. The molecule has 3 rings (SSSR count). The summed E-state index contributed by atoms with van der Waals surface area (Å²) in [6, 6.07) is 11.5. The quantitative estimate of drug-likeness (QED) is 0.788. The van der Waals surface area contributed by atoms with E-state index in [1.54, 1.807) is 0 Å². The molecule has 118 valence electrons. The predicted molar refractivity (Wildman–Crippen MR) is 87.8 cm³/mol. The molecule has 23 heavy (non-hydrogen) atoms. The van der Waals surface area contributed by atoms with Crippen molar-refractivity contribution in [2.24, 2.45) is 0 Å². The molecule has 1 amide bonds. The third-order valence-corrected chi connectivity index (χ3v) is 3.87. The van der Waals surface area contributed by atoms with Gasteiger partial charge in [0.15, 0.2) is 0 Å². The number of aryl methyl sites for hydroxylation is 2. The first-order valence-electron chi connectivity index (χ1n) is 7.58. The molecule has 2 heterocycles. The highest BCUT2D eigenvalue weighted by atomic mass is 16.5.